The van der Waals surface area contributed by atoms with Crippen molar-refractivity contribution in [2.75, 3.05) is 0 Å². The molecule has 28 heavy (non-hydrogen) atoms. The summed E-state index contributed by atoms with van der Waals surface area (Å²) < 4.78 is 20.7. The fraction of sp³-hybridized carbons (Fsp3) is 0.773. The van der Waals surface area contributed by atoms with Crippen molar-refractivity contribution in [1.82, 2.24) is 0 Å². The summed E-state index contributed by atoms with van der Waals surface area (Å²) in [6, 6.07) is 0. The first-order chi connectivity index (χ1) is 12.8. The third-order valence-electron chi connectivity index (χ3n) is 6.08. The van der Waals surface area contributed by atoms with E-state index in [9.17, 15) is 19.4 Å². The number of ether oxygens (including phenoxy) is 1. The van der Waals surface area contributed by atoms with Gasteiger partial charge in [-0.15, -0.1) is 0 Å². The second-order valence-corrected chi connectivity index (χ2v) is 8.66. The van der Waals surface area contributed by atoms with Crippen molar-refractivity contribution in [3.63, 3.8) is 0 Å². The summed E-state index contributed by atoms with van der Waals surface area (Å²) in [5.41, 5.74) is -0.184. The molecule has 0 amide bonds. The van der Waals surface area contributed by atoms with Gasteiger partial charge in [0.05, 0.1) is 12.2 Å². The zero-order chi connectivity index (χ0) is 20.0. The molecule has 2 rings (SSSR count). The number of aliphatic hydroxyl groups is 1. The number of halogens is 1. The summed E-state index contributed by atoms with van der Waals surface area (Å²) in [4.78, 5) is 10.4. The number of carbonyl (C=O) groups is 1. The number of aliphatic carboxylic acids is 1. The molecule has 1 aliphatic carbocycles. The molecule has 0 aromatic heterocycles. The van der Waals surface area contributed by atoms with Gasteiger partial charge < -0.3 is 19.7 Å². The Hall–Kier alpha value is -0.200. The molecule has 1 heterocycles. The fourth-order valence-electron chi connectivity index (χ4n) is 4.21. The van der Waals surface area contributed by atoms with Crippen LogP contribution in [0.1, 0.15) is 65.7 Å². The van der Waals surface area contributed by atoms with Crippen molar-refractivity contribution < 1.29 is 53.7 Å². The summed E-state index contributed by atoms with van der Waals surface area (Å²) >= 11 is 0. The zero-order valence-electron chi connectivity index (χ0n) is 17.8. The topological polar surface area (TPSA) is 69.6 Å². The molecular formula is C22H34FNaO4. The Balaban J connectivity index is 0.00000392. The standard InChI is InChI=1S/C22H35FO4.Na/c1-4-5-14-22(2,3)18(24)13-11-15-10-12-16-20(15)21(23)17(27-16)8-6-7-9-19(25)26;/h6,8,11,13,15-18,20-21,24H,4-5,7,9-10,12,14H2,1-3H3,(H,25,26);/q;+1/p-1/b8-6+,13-11+;/t15-,16-,17-,18-,20-,21?;/m1./s1. The molecule has 0 spiro atoms. The average molecular weight is 404 g/mol. The van der Waals surface area contributed by atoms with E-state index in [1.54, 1.807) is 12.2 Å². The Morgan fingerprint density at radius 3 is 2.71 bits per heavy atom. The van der Waals surface area contributed by atoms with Gasteiger partial charge in [0.2, 0.25) is 0 Å². The number of fused-ring (bicyclic) bond motifs is 1. The van der Waals surface area contributed by atoms with Crippen molar-refractivity contribution in [2.45, 2.75) is 90.2 Å². The van der Waals surface area contributed by atoms with E-state index in [4.69, 9.17) is 4.74 Å². The van der Waals surface area contributed by atoms with Crippen molar-refractivity contribution in [2.24, 2.45) is 17.3 Å². The molecule has 2 aliphatic rings. The van der Waals surface area contributed by atoms with E-state index < -0.39 is 24.3 Å². The Bertz CT molecular complexity index is 549. The molecule has 0 bridgehead atoms. The Labute approximate surface area is 190 Å². The van der Waals surface area contributed by atoms with Gasteiger partial charge in [-0.1, -0.05) is 57.9 Å². The van der Waals surface area contributed by atoms with Gasteiger partial charge in [-0.25, -0.2) is 4.39 Å². The number of hydrogen-bond donors (Lipinski definition) is 1. The number of alkyl halides is 1. The van der Waals surface area contributed by atoms with Gasteiger partial charge in [0, 0.05) is 11.9 Å². The van der Waals surface area contributed by atoms with Crippen molar-refractivity contribution in [3.8, 4) is 0 Å². The molecule has 1 saturated heterocycles. The first-order valence-corrected chi connectivity index (χ1v) is 10.3. The van der Waals surface area contributed by atoms with Gasteiger partial charge in [0.25, 0.3) is 0 Å². The van der Waals surface area contributed by atoms with E-state index in [0.717, 1.165) is 32.1 Å². The molecule has 0 radical (unpaired) electrons. The third kappa shape index (κ3) is 6.94. The number of carboxylic acids is 1. The van der Waals surface area contributed by atoms with E-state index in [2.05, 4.69) is 20.8 Å². The van der Waals surface area contributed by atoms with Crippen LogP contribution in [0.2, 0.25) is 0 Å². The van der Waals surface area contributed by atoms with Crippen LogP contribution in [0.15, 0.2) is 24.3 Å². The van der Waals surface area contributed by atoms with E-state index >= 15 is 0 Å². The summed E-state index contributed by atoms with van der Waals surface area (Å²) in [6.07, 6.45) is 9.89. The first-order valence-electron chi connectivity index (χ1n) is 10.3. The Kier molecular flexibility index (Phi) is 10.9. The minimum atomic E-state index is -1.11. The van der Waals surface area contributed by atoms with Gasteiger partial charge >= 0.3 is 29.6 Å². The number of hydrogen-bond acceptors (Lipinski definition) is 4. The molecular weight excluding hydrogens is 370 g/mol. The van der Waals surface area contributed by atoms with E-state index in [1.165, 1.54) is 0 Å². The summed E-state index contributed by atoms with van der Waals surface area (Å²) in [5, 5.41) is 21.0. The first kappa shape index (κ1) is 25.8. The fourth-order valence-corrected chi connectivity index (χ4v) is 4.21. The maximum absolute atomic E-state index is 14.9. The molecule has 0 aromatic carbocycles. The van der Waals surface area contributed by atoms with Crippen LogP contribution in [0.25, 0.3) is 0 Å². The number of carboxylic acid groups (broad SMARTS) is 1. The normalized spacial score (nSPS) is 31.2. The number of aliphatic hydroxyl groups excluding tert-OH is 1. The third-order valence-corrected chi connectivity index (χ3v) is 6.08. The summed E-state index contributed by atoms with van der Waals surface area (Å²) in [5.74, 6) is -1.22. The molecule has 1 saturated carbocycles. The molecule has 1 unspecified atom stereocenters. The number of carbonyl (C=O) groups excluding carboxylic acids is 1. The van der Waals surface area contributed by atoms with Crippen molar-refractivity contribution in [1.29, 1.82) is 0 Å². The van der Waals surface area contributed by atoms with Gasteiger partial charge in [-0.05, 0) is 43.4 Å². The maximum Gasteiger partial charge on any atom is 1.00 e. The molecule has 2 fully saturated rings. The SMILES string of the molecule is CCCCC(C)(C)[C@H](O)/C=C/[C@H]1CC[C@H]2O[C@H](/C=C/CCC(=O)[O-])C(F)[C@H]12.[Na+]. The Morgan fingerprint density at radius 1 is 1.36 bits per heavy atom. The molecule has 4 nitrogen and oxygen atoms in total. The minimum Gasteiger partial charge on any atom is -0.550 e. The van der Waals surface area contributed by atoms with E-state index in [0.29, 0.717) is 6.42 Å². The van der Waals surface area contributed by atoms with Crippen molar-refractivity contribution >= 4 is 5.97 Å². The van der Waals surface area contributed by atoms with Gasteiger partial charge in [0.15, 0.2) is 0 Å². The largest absolute Gasteiger partial charge is 1.00 e. The summed E-state index contributed by atoms with van der Waals surface area (Å²) in [6.45, 7) is 6.28. The number of rotatable bonds is 10. The molecule has 154 valence electrons. The minimum absolute atomic E-state index is 0. The number of allylic oxidation sites excluding steroid dienone is 2. The quantitative estimate of drug-likeness (QED) is 0.421. The Morgan fingerprint density at radius 2 is 2.07 bits per heavy atom. The van der Waals surface area contributed by atoms with Crippen LogP contribution in [0.3, 0.4) is 0 Å². The predicted molar refractivity (Wildman–Crippen MR) is 102 cm³/mol. The van der Waals surface area contributed by atoms with Crippen molar-refractivity contribution in [3.05, 3.63) is 24.3 Å². The summed E-state index contributed by atoms with van der Waals surface area (Å²) in [7, 11) is 0. The van der Waals surface area contributed by atoms with E-state index in [1.807, 2.05) is 12.2 Å². The van der Waals surface area contributed by atoms with Crippen LogP contribution in [0.4, 0.5) is 4.39 Å². The molecule has 1 N–H and O–H groups in total. The van der Waals surface area contributed by atoms with Crippen LogP contribution in [0.5, 0.6) is 0 Å². The predicted octanol–water partition coefficient (Wildman–Crippen LogP) is 0.342. The second kappa shape index (κ2) is 11.8. The van der Waals surface area contributed by atoms with Gasteiger partial charge in [0.1, 0.15) is 12.3 Å². The van der Waals surface area contributed by atoms with Crippen LogP contribution in [-0.2, 0) is 9.53 Å². The zero-order valence-corrected chi connectivity index (χ0v) is 19.8. The smallest absolute Gasteiger partial charge is 0.550 e. The van der Waals surface area contributed by atoms with Crippen LogP contribution in [-0.4, -0.2) is 35.6 Å². The average Bonchev–Trinajstić information content (AvgIpc) is 3.15. The second-order valence-electron chi connectivity index (χ2n) is 8.66. The monoisotopic (exact) mass is 404 g/mol. The van der Waals surface area contributed by atoms with Gasteiger partial charge in [-0.2, -0.15) is 0 Å². The van der Waals surface area contributed by atoms with E-state index in [-0.39, 0.29) is 59.3 Å². The molecule has 6 atom stereocenters. The van der Waals surface area contributed by atoms with Crippen LogP contribution < -0.4 is 34.7 Å². The van der Waals surface area contributed by atoms with Crippen LogP contribution in [0, 0.1) is 17.3 Å². The van der Waals surface area contributed by atoms with Crippen LogP contribution >= 0.6 is 0 Å². The molecule has 6 heteroatoms. The maximum atomic E-state index is 14.9. The van der Waals surface area contributed by atoms with Gasteiger partial charge in [-0.3, -0.25) is 0 Å². The molecule has 0 aromatic rings. The molecule has 1 aliphatic heterocycles. The number of unbranched alkanes of at least 4 members (excludes halogenated alkanes) is 1.